The van der Waals surface area contributed by atoms with Crippen LogP contribution < -0.4 is 10.6 Å². The van der Waals surface area contributed by atoms with Crippen LogP contribution in [0.2, 0.25) is 10.0 Å². The van der Waals surface area contributed by atoms with Gasteiger partial charge in [-0.1, -0.05) is 36.2 Å². The number of Topliss-reactive ketones (excluding diaryl/α,β-unsaturated/α-hetero) is 1. The summed E-state index contributed by atoms with van der Waals surface area (Å²) in [5.74, 6) is -1.13. The predicted molar refractivity (Wildman–Crippen MR) is 155 cm³/mol. The Kier molecular flexibility index (Phi) is 10.6. The van der Waals surface area contributed by atoms with Crippen molar-refractivity contribution < 1.29 is 19.2 Å². The van der Waals surface area contributed by atoms with Gasteiger partial charge < -0.3 is 15.5 Å². The van der Waals surface area contributed by atoms with Crippen molar-refractivity contribution >= 4 is 46.7 Å². The molecule has 2 unspecified atom stereocenters. The second kappa shape index (κ2) is 14.3. The van der Waals surface area contributed by atoms with Crippen molar-refractivity contribution in [2.45, 2.75) is 70.6 Å². The van der Waals surface area contributed by atoms with Gasteiger partial charge in [-0.25, -0.2) is 4.68 Å². The number of halogens is 2. The number of hydrogen-bond acceptors (Lipinski definition) is 8. The molecule has 1 aliphatic rings. The lowest BCUT2D eigenvalue weighted by Gasteiger charge is -2.30. The minimum atomic E-state index is -0.860. The second-order valence-corrected chi connectivity index (χ2v) is 10.9. The fourth-order valence-corrected chi connectivity index (χ4v) is 5.29. The number of likely N-dealkylation sites (tertiary alicyclic amines) is 1. The molecule has 2 aromatic heterocycles. The summed E-state index contributed by atoms with van der Waals surface area (Å²) in [6, 6.07) is 5.93. The third-order valence-electron chi connectivity index (χ3n) is 7.22. The van der Waals surface area contributed by atoms with Crippen LogP contribution in [0.4, 0.5) is 0 Å². The minimum absolute atomic E-state index is 0.178. The van der Waals surface area contributed by atoms with Gasteiger partial charge in [0.1, 0.15) is 18.6 Å². The maximum atomic E-state index is 13.4. The Bertz CT molecular complexity index is 1410. The summed E-state index contributed by atoms with van der Waals surface area (Å²) in [6.07, 6.45) is 5.37. The van der Waals surface area contributed by atoms with Gasteiger partial charge in [0.15, 0.2) is 11.6 Å². The van der Waals surface area contributed by atoms with Crippen molar-refractivity contribution in [3.63, 3.8) is 0 Å². The molecule has 3 aromatic rings. The van der Waals surface area contributed by atoms with E-state index >= 15 is 0 Å². The highest BCUT2D eigenvalue weighted by Gasteiger charge is 2.35. The number of hydrogen-bond donors (Lipinski definition) is 2. The lowest BCUT2D eigenvalue weighted by molar-refractivity contribution is -0.141. The van der Waals surface area contributed by atoms with Crippen molar-refractivity contribution in [2.24, 2.45) is 0 Å². The molecule has 3 heterocycles. The highest BCUT2D eigenvalue weighted by Crippen LogP contribution is 2.26. The number of amides is 3. The summed E-state index contributed by atoms with van der Waals surface area (Å²) in [6.45, 7) is 3.57. The van der Waals surface area contributed by atoms with E-state index in [2.05, 4.69) is 31.1 Å². The van der Waals surface area contributed by atoms with Gasteiger partial charge in [0, 0.05) is 35.4 Å². The van der Waals surface area contributed by atoms with E-state index in [1.54, 1.807) is 50.4 Å². The van der Waals surface area contributed by atoms with Crippen molar-refractivity contribution in [3.05, 3.63) is 69.7 Å². The van der Waals surface area contributed by atoms with Crippen LogP contribution in [-0.4, -0.2) is 78.3 Å². The zero-order valence-electron chi connectivity index (χ0n) is 23.3. The lowest BCUT2D eigenvalue weighted by atomic mass is 10.1. The molecular weight excluding hydrogens is 583 g/mol. The molecule has 0 bridgehead atoms. The van der Waals surface area contributed by atoms with Crippen molar-refractivity contribution in [1.82, 2.24) is 40.7 Å². The van der Waals surface area contributed by atoms with Gasteiger partial charge in [0.2, 0.25) is 11.8 Å². The first-order valence-corrected chi connectivity index (χ1v) is 14.5. The van der Waals surface area contributed by atoms with Gasteiger partial charge >= 0.3 is 0 Å². The predicted octanol–water partition coefficient (Wildman–Crippen LogP) is 2.63. The summed E-state index contributed by atoms with van der Waals surface area (Å²) in [7, 11) is 0. The van der Waals surface area contributed by atoms with E-state index in [0.717, 1.165) is 0 Å². The summed E-state index contributed by atoms with van der Waals surface area (Å²) >= 11 is 12.6. The number of carbonyl (C=O) groups is 4. The Hall–Kier alpha value is -3.90. The smallest absolute Gasteiger partial charge is 0.253 e. The normalized spacial score (nSPS) is 16.8. The molecule has 1 aliphatic heterocycles. The first kappa shape index (κ1) is 31.0. The lowest BCUT2D eigenvalue weighted by Crippen LogP contribution is -2.56. The fraction of sp³-hybridized carbons (Fsp3) is 0.429. The minimum Gasteiger partial charge on any atom is -0.344 e. The van der Waals surface area contributed by atoms with Gasteiger partial charge in [-0.05, 0) is 72.9 Å². The molecule has 42 heavy (non-hydrogen) atoms. The molecule has 1 fully saturated rings. The van der Waals surface area contributed by atoms with Gasteiger partial charge in [0.25, 0.3) is 5.91 Å². The number of aromatic nitrogens is 5. The Balaban J connectivity index is 1.39. The number of tetrazole rings is 1. The number of benzene rings is 1. The van der Waals surface area contributed by atoms with Crippen molar-refractivity contribution in [3.8, 4) is 0 Å². The Labute approximate surface area is 253 Å². The molecule has 1 aromatic carbocycles. The fourth-order valence-electron chi connectivity index (χ4n) is 4.76. The molecular formula is C28H32Cl2N8O4. The molecule has 0 saturated carbocycles. The number of pyridine rings is 1. The molecule has 14 heteroatoms. The maximum Gasteiger partial charge on any atom is 0.253 e. The molecule has 222 valence electrons. The van der Waals surface area contributed by atoms with Crippen molar-refractivity contribution in [2.75, 3.05) is 6.54 Å². The molecule has 1 saturated heterocycles. The van der Waals surface area contributed by atoms with E-state index in [4.69, 9.17) is 23.2 Å². The van der Waals surface area contributed by atoms with Crippen LogP contribution in [-0.2, 0) is 27.3 Å². The number of carbonyl (C=O) groups excluding carboxylic acids is 4. The van der Waals surface area contributed by atoms with Gasteiger partial charge in [-0.2, -0.15) is 0 Å². The van der Waals surface area contributed by atoms with Crippen LogP contribution in [0, 0.1) is 0 Å². The largest absolute Gasteiger partial charge is 0.344 e. The number of rotatable bonds is 11. The third kappa shape index (κ3) is 7.48. The quantitative estimate of drug-likeness (QED) is 0.334. The highest BCUT2D eigenvalue weighted by molar-refractivity contribution is 6.36. The molecule has 0 radical (unpaired) electrons. The Morgan fingerprint density at radius 2 is 1.88 bits per heavy atom. The van der Waals surface area contributed by atoms with Crippen LogP contribution in [0.3, 0.4) is 0 Å². The van der Waals surface area contributed by atoms with E-state index in [1.165, 1.54) is 15.8 Å². The standard InChI is InChI=1S/C28H32Cl2N8O4/c1-3-22(24(39)16-38-25(34-35-36-38)14-19-20(29)9-6-10-21(19)30)32-26(40)17(2)37-13-5-4-11-23(28(37)42)33-27(41)18-8-7-12-31-15-18/h6-10,12,15,17,22-23H,3-5,11,13-14,16H2,1-2H3,(H,32,40)(H,33,41)/t17?,22?,23-/m0/s1. The molecule has 3 amide bonds. The SMILES string of the molecule is CCC(NC(=O)C(C)N1CCCC[C@H](NC(=O)c2cccnc2)C1=O)C(=O)Cn1nnnc1Cc1c(Cl)cccc1Cl. The zero-order chi connectivity index (χ0) is 30.2. The number of nitrogens with one attached hydrogen (secondary N) is 2. The summed E-state index contributed by atoms with van der Waals surface area (Å²) < 4.78 is 1.36. The number of nitrogens with zero attached hydrogens (tertiary/aromatic N) is 6. The van der Waals surface area contributed by atoms with Crippen LogP contribution in [0.5, 0.6) is 0 Å². The van der Waals surface area contributed by atoms with Crippen molar-refractivity contribution in [1.29, 1.82) is 0 Å². The molecule has 12 nitrogen and oxygen atoms in total. The zero-order valence-corrected chi connectivity index (χ0v) is 24.8. The first-order chi connectivity index (χ1) is 20.2. The summed E-state index contributed by atoms with van der Waals surface area (Å²) in [4.78, 5) is 58.0. The first-order valence-electron chi connectivity index (χ1n) is 13.7. The van der Waals surface area contributed by atoms with E-state index in [9.17, 15) is 19.2 Å². The van der Waals surface area contributed by atoms with E-state index in [0.29, 0.717) is 59.2 Å². The summed E-state index contributed by atoms with van der Waals surface area (Å²) in [5.41, 5.74) is 0.979. The monoisotopic (exact) mass is 614 g/mol. The maximum absolute atomic E-state index is 13.4. The van der Waals surface area contributed by atoms with Gasteiger partial charge in [-0.3, -0.25) is 24.2 Å². The average Bonchev–Trinajstić information content (AvgIpc) is 3.34. The van der Waals surface area contributed by atoms with Crippen LogP contribution in [0.25, 0.3) is 0 Å². The molecule has 2 N–H and O–H groups in total. The highest BCUT2D eigenvalue weighted by atomic mass is 35.5. The third-order valence-corrected chi connectivity index (χ3v) is 7.93. The van der Waals surface area contributed by atoms with E-state index < -0.39 is 29.9 Å². The number of ketones is 1. The van der Waals surface area contributed by atoms with Gasteiger partial charge in [-0.15, -0.1) is 5.10 Å². The summed E-state index contributed by atoms with van der Waals surface area (Å²) in [5, 5.41) is 18.1. The van der Waals surface area contributed by atoms with Crippen LogP contribution >= 0.6 is 23.2 Å². The Morgan fingerprint density at radius 3 is 2.57 bits per heavy atom. The molecule has 3 atom stereocenters. The Morgan fingerprint density at radius 1 is 1.12 bits per heavy atom. The average molecular weight is 616 g/mol. The van der Waals surface area contributed by atoms with E-state index in [1.807, 2.05) is 0 Å². The van der Waals surface area contributed by atoms with Crippen LogP contribution in [0.15, 0.2) is 42.7 Å². The molecule has 0 spiro atoms. The van der Waals surface area contributed by atoms with E-state index in [-0.39, 0.29) is 24.7 Å². The topological polar surface area (TPSA) is 152 Å². The van der Waals surface area contributed by atoms with Gasteiger partial charge in [0.05, 0.1) is 11.6 Å². The molecule has 0 aliphatic carbocycles. The molecule has 4 rings (SSSR count). The van der Waals surface area contributed by atoms with Crippen LogP contribution in [0.1, 0.15) is 61.3 Å². The second-order valence-electron chi connectivity index (χ2n) is 10.0.